The minimum atomic E-state index is 0.0269. The van der Waals surface area contributed by atoms with Crippen molar-refractivity contribution in [2.75, 3.05) is 6.54 Å². The number of rotatable bonds is 2. The molecule has 3 rings (SSSR count). The SMILES string of the molecule is O=C(NC1CCCc2ccccc21)[C@@H]1CCCN1. The first-order valence-electron chi connectivity index (χ1n) is 6.96. The van der Waals surface area contributed by atoms with E-state index in [1.165, 1.54) is 17.5 Å². The van der Waals surface area contributed by atoms with E-state index in [1.807, 2.05) is 0 Å². The first-order valence-corrected chi connectivity index (χ1v) is 6.96. The quantitative estimate of drug-likeness (QED) is 0.834. The summed E-state index contributed by atoms with van der Waals surface area (Å²) in [6.07, 6.45) is 5.46. The van der Waals surface area contributed by atoms with E-state index in [-0.39, 0.29) is 18.0 Å². The van der Waals surface area contributed by atoms with Crippen molar-refractivity contribution in [2.24, 2.45) is 0 Å². The Kier molecular flexibility index (Phi) is 3.33. The number of fused-ring (bicyclic) bond motifs is 1. The molecule has 96 valence electrons. The Hall–Kier alpha value is -1.35. The molecule has 0 bridgehead atoms. The molecule has 1 aromatic rings. The third-order valence-corrected chi connectivity index (χ3v) is 4.06. The fourth-order valence-corrected chi connectivity index (χ4v) is 3.08. The lowest BCUT2D eigenvalue weighted by atomic mass is 9.87. The molecule has 0 aromatic heterocycles. The fraction of sp³-hybridized carbons (Fsp3) is 0.533. The third-order valence-electron chi connectivity index (χ3n) is 4.06. The maximum absolute atomic E-state index is 12.1. The highest BCUT2D eigenvalue weighted by molar-refractivity contribution is 5.82. The Morgan fingerprint density at radius 1 is 1.22 bits per heavy atom. The zero-order chi connectivity index (χ0) is 12.4. The molecule has 0 radical (unpaired) electrons. The van der Waals surface area contributed by atoms with Crippen LogP contribution in [0.3, 0.4) is 0 Å². The van der Waals surface area contributed by atoms with E-state index in [1.54, 1.807) is 0 Å². The van der Waals surface area contributed by atoms with Gasteiger partial charge in [0, 0.05) is 0 Å². The van der Waals surface area contributed by atoms with E-state index in [0.29, 0.717) is 0 Å². The summed E-state index contributed by atoms with van der Waals surface area (Å²) in [7, 11) is 0. The van der Waals surface area contributed by atoms with E-state index >= 15 is 0 Å². The second-order valence-electron chi connectivity index (χ2n) is 5.30. The van der Waals surface area contributed by atoms with Crippen LogP contribution in [0.4, 0.5) is 0 Å². The second kappa shape index (κ2) is 5.11. The van der Waals surface area contributed by atoms with Gasteiger partial charge < -0.3 is 10.6 Å². The number of hydrogen-bond donors (Lipinski definition) is 2. The molecule has 1 fully saturated rings. The molecule has 1 unspecified atom stereocenters. The minimum Gasteiger partial charge on any atom is -0.348 e. The summed E-state index contributed by atoms with van der Waals surface area (Å²) in [6, 6.07) is 8.73. The standard InChI is InChI=1S/C15H20N2O/c18-15(14-9-4-10-16-14)17-13-8-3-6-11-5-1-2-7-12(11)13/h1-2,5,7,13-14,16H,3-4,6,8-10H2,(H,17,18)/t13?,14-/m0/s1. The molecule has 3 heteroatoms. The Morgan fingerprint density at radius 3 is 2.94 bits per heavy atom. The summed E-state index contributed by atoms with van der Waals surface area (Å²) in [4.78, 5) is 12.1. The molecule has 3 nitrogen and oxygen atoms in total. The lowest BCUT2D eigenvalue weighted by Gasteiger charge is -2.27. The molecule has 1 heterocycles. The van der Waals surface area contributed by atoms with E-state index in [0.717, 1.165) is 32.2 Å². The van der Waals surface area contributed by atoms with E-state index < -0.39 is 0 Å². The van der Waals surface area contributed by atoms with Gasteiger partial charge in [-0.2, -0.15) is 0 Å². The number of amides is 1. The van der Waals surface area contributed by atoms with Gasteiger partial charge >= 0.3 is 0 Å². The van der Waals surface area contributed by atoms with Crippen molar-refractivity contribution in [1.29, 1.82) is 0 Å². The molecule has 1 aliphatic heterocycles. The summed E-state index contributed by atoms with van der Waals surface area (Å²) in [5.41, 5.74) is 2.71. The third kappa shape index (κ3) is 2.27. The van der Waals surface area contributed by atoms with Crippen molar-refractivity contribution in [2.45, 2.75) is 44.2 Å². The van der Waals surface area contributed by atoms with Gasteiger partial charge in [0.15, 0.2) is 0 Å². The number of hydrogen-bond acceptors (Lipinski definition) is 2. The topological polar surface area (TPSA) is 41.1 Å². The van der Waals surface area contributed by atoms with Crippen LogP contribution in [0.5, 0.6) is 0 Å². The highest BCUT2D eigenvalue weighted by Gasteiger charge is 2.26. The Morgan fingerprint density at radius 2 is 2.11 bits per heavy atom. The van der Waals surface area contributed by atoms with Gasteiger partial charge in [-0.15, -0.1) is 0 Å². The largest absolute Gasteiger partial charge is 0.348 e. The highest BCUT2D eigenvalue weighted by atomic mass is 16.2. The Bertz CT molecular complexity index is 438. The van der Waals surface area contributed by atoms with Gasteiger partial charge in [-0.25, -0.2) is 0 Å². The van der Waals surface area contributed by atoms with Crippen LogP contribution in [0, 0.1) is 0 Å². The zero-order valence-electron chi connectivity index (χ0n) is 10.6. The Balaban J connectivity index is 1.72. The molecule has 1 aromatic carbocycles. The van der Waals surface area contributed by atoms with Gasteiger partial charge in [0.25, 0.3) is 0 Å². The van der Waals surface area contributed by atoms with Crippen molar-refractivity contribution in [1.82, 2.24) is 10.6 Å². The molecule has 2 atom stereocenters. The van der Waals surface area contributed by atoms with Crippen molar-refractivity contribution >= 4 is 5.91 Å². The van der Waals surface area contributed by atoms with Gasteiger partial charge in [-0.3, -0.25) is 4.79 Å². The maximum atomic E-state index is 12.1. The Labute approximate surface area is 108 Å². The highest BCUT2D eigenvalue weighted by Crippen LogP contribution is 2.29. The van der Waals surface area contributed by atoms with Crippen LogP contribution in [-0.2, 0) is 11.2 Å². The van der Waals surface area contributed by atoms with Crippen molar-refractivity contribution in [3.8, 4) is 0 Å². The maximum Gasteiger partial charge on any atom is 0.237 e. The van der Waals surface area contributed by atoms with E-state index in [2.05, 4.69) is 34.9 Å². The van der Waals surface area contributed by atoms with Gasteiger partial charge in [0.2, 0.25) is 5.91 Å². The normalized spacial score (nSPS) is 26.7. The summed E-state index contributed by atoms with van der Waals surface area (Å²) < 4.78 is 0. The molecule has 0 spiro atoms. The fourth-order valence-electron chi connectivity index (χ4n) is 3.08. The summed E-state index contributed by atoms with van der Waals surface area (Å²) in [6.45, 7) is 0.972. The van der Waals surface area contributed by atoms with Gasteiger partial charge in [0.05, 0.1) is 12.1 Å². The molecule has 18 heavy (non-hydrogen) atoms. The van der Waals surface area contributed by atoms with Gasteiger partial charge in [-0.05, 0) is 49.8 Å². The molecule has 1 aliphatic carbocycles. The predicted molar refractivity (Wildman–Crippen MR) is 71.3 cm³/mol. The van der Waals surface area contributed by atoms with Crippen LogP contribution >= 0.6 is 0 Å². The van der Waals surface area contributed by atoms with Gasteiger partial charge in [0.1, 0.15) is 0 Å². The molecule has 1 saturated heterocycles. The average Bonchev–Trinajstić information content (AvgIpc) is 2.93. The summed E-state index contributed by atoms with van der Waals surface area (Å²) >= 11 is 0. The second-order valence-corrected chi connectivity index (χ2v) is 5.30. The van der Waals surface area contributed by atoms with Crippen LogP contribution in [0.25, 0.3) is 0 Å². The van der Waals surface area contributed by atoms with Crippen molar-refractivity contribution in [3.05, 3.63) is 35.4 Å². The molecule has 2 aliphatic rings. The van der Waals surface area contributed by atoms with Crippen LogP contribution in [0.1, 0.15) is 42.9 Å². The predicted octanol–water partition coefficient (Wildman–Crippen LogP) is 1.93. The summed E-state index contributed by atoms with van der Waals surface area (Å²) in [5.74, 6) is 0.175. The summed E-state index contributed by atoms with van der Waals surface area (Å²) in [5, 5.41) is 6.47. The van der Waals surface area contributed by atoms with Crippen molar-refractivity contribution < 1.29 is 4.79 Å². The number of carbonyl (C=O) groups excluding carboxylic acids is 1. The molecule has 1 amide bonds. The molecular formula is C15H20N2O. The van der Waals surface area contributed by atoms with Crippen LogP contribution in [0.2, 0.25) is 0 Å². The molecule has 0 saturated carbocycles. The average molecular weight is 244 g/mol. The van der Waals surface area contributed by atoms with Crippen LogP contribution in [0.15, 0.2) is 24.3 Å². The van der Waals surface area contributed by atoms with Crippen LogP contribution < -0.4 is 10.6 Å². The monoisotopic (exact) mass is 244 g/mol. The number of aryl methyl sites for hydroxylation is 1. The first-order chi connectivity index (χ1) is 8.84. The molecular weight excluding hydrogens is 224 g/mol. The van der Waals surface area contributed by atoms with Gasteiger partial charge in [-0.1, -0.05) is 24.3 Å². The smallest absolute Gasteiger partial charge is 0.237 e. The zero-order valence-corrected chi connectivity index (χ0v) is 10.6. The number of carbonyl (C=O) groups is 1. The van der Waals surface area contributed by atoms with E-state index in [4.69, 9.17) is 0 Å². The van der Waals surface area contributed by atoms with Crippen LogP contribution in [-0.4, -0.2) is 18.5 Å². The minimum absolute atomic E-state index is 0.0269. The lowest BCUT2D eigenvalue weighted by Crippen LogP contribution is -2.42. The lowest BCUT2D eigenvalue weighted by molar-refractivity contribution is -0.123. The number of benzene rings is 1. The van der Waals surface area contributed by atoms with E-state index in [9.17, 15) is 4.79 Å². The number of nitrogens with one attached hydrogen (secondary N) is 2. The first kappa shape index (κ1) is 11.7. The molecule has 2 N–H and O–H groups in total. The van der Waals surface area contributed by atoms with Crippen molar-refractivity contribution in [3.63, 3.8) is 0 Å².